The molecule has 2 fully saturated rings. The maximum atomic E-state index is 9.87. The fourth-order valence-electron chi connectivity index (χ4n) is 2.27. The van der Waals surface area contributed by atoms with Gasteiger partial charge in [-0.15, -0.1) is 0 Å². The summed E-state index contributed by atoms with van der Waals surface area (Å²) in [6, 6.07) is 0. The number of rotatable bonds is 3. The molecule has 0 radical (unpaired) electrons. The van der Waals surface area contributed by atoms with Gasteiger partial charge in [0, 0.05) is 0 Å². The monoisotopic (exact) mass is 312 g/mol. The Kier molecular flexibility index (Phi) is 5.48. The lowest BCUT2D eigenvalue weighted by molar-refractivity contribution is -0.349. The zero-order chi connectivity index (χ0) is 15.7. The predicted molar refractivity (Wildman–Crippen MR) is 62.6 cm³/mol. The lowest BCUT2D eigenvalue weighted by Crippen LogP contribution is -2.62. The van der Waals surface area contributed by atoms with Gasteiger partial charge < -0.3 is 50.0 Å². The summed E-state index contributed by atoms with van der Waals surface area (Å²) in [5.41, 5.74) is 0. The van der Waals surface area contributed by atoms with Crippen LogP contribution in [0, 0.1) is 0 Å². The summed E-state index contributed by atoms with van der Waals surface area (Å²) in [7, 11) is 0. The number of ether oxygens (including phenoxy) is 3. The lowest BCUT2D eigenvalue weighted by Gasteiger charge is -2.43. The molecule has 2 saturated heterocycles. The van der Waals surface area contributed by atoms with Gasteiger partial charge in [0.15, 0.2) is 12.6 Å². The first-order valence-corrected chi connectivity index (χ1v) is 6.48. The maximum absolute atomic E-state index is 9.87. The largest absolute Gasteiger partial charge is 0.394 e. The summed E-state index contributed by atoms with van der Waals surface area (Å²) < 4.78 is 15.0. The summed E-state index contributed by atoms with van der Waals surface area (Å²) >= 11 is 0. The van der Waals surface area contributed by atoms with E-state index < -0.39 is 61.9 Å². The molecule has 7 N–H and O–H groups in total. The molecular weight excluding hydrogens is 292 g/mol. The minimum absolute atomic E-state index is 0.315. The van der Waals surface area contributed by atoms with Crippen molar-refractivity contribution in [2.75, 3.05) is 13.2 Å². The molecule has 0 aromatic heterocycles. The van der Waals surface area contributed by atoms with E-state index in [1.165, 1.54) is 0 Å². The second-order valence-electron chi connectivity index (χ2n) is 5.08. The van der Waals surface area contributed by atoms with E-state index in [-0.39, 0.29) is 6.61 Å². The standard InChI is InChI=1S/C11H20O10/c12-1-4-6(15)7(16)9(10(18)20-4)21-11-8(17)5(14)3(13)2-19-11/h3-18H,1-2H2/t3-,4+,5-,6+,7-,8+,9-,10-,11+/m0/s1. The van der Waals surface area contributed by atoms with Gasteiger partial charge in [0.1, 0.15) is 42.7 Å². The smallest absolute Gasteiger partial charge is 0.186 e. The molecule has 9 atom stereocenters. The average molecular weight is 312 g/mol. The van der Waals surface area contributed by atoms with Gasteiger partial charge in [-0.1, -0.05) is 0 Å². The van der Waals surface area contributed by atoms with Crippen molar-refractivity contribution >= 4 is 0 Å². The van der Waals surface area contributed by atoms with E-state index in [0.717, 1.165) is 0 Å². The van der Waals surface area contributed by atoms with E-state index in [4.69, 9.17) is 19.3 Å². The molecule has 0 aliphatic carbocycles. The molecule has 0 saturated carbocycles. The molecule has 2 rings (SSSR count). The summed E-state index contributed by atoms with van der Waals surface area (Å²) in [5, 5.41) is 66.7. The Morgan fingerprint density at radius 2 is 1.57 bits per heavy atom. The minimum atomic E-state index is -1.68. The molecule has 2 aliphatic heterocycles. The first kappa shape index (κ1) is 17.0. The zero-order valence-corrected chi connectivity index (χ0v) is 11.0. The Balaban J connectivity index is 2.01. The molecule has 2 heterocycles. The molecule has 0 amide bonds. The second kappa shape index (κ2) is 6.79. The first-order valence-electron chi connectivity index (χ1n) is 6.48. The van der Waals surface area contributed by atoms with Gasteiger partial charge in [-0.05, 0) is 0 Å². The van der Waals surface area contributed by atoms with Crippen LogP contribution < -0.4 is 0 Å². The minimum Gasteiger partial charge on any atom is -0.394 e. The van der Waals surface area contributed by atoms with E-state index in [9.17, 15) is 30.6 Å². The van der Waals surface area contributed by atoms with Gasteiger partial charge in [-0.3, -0.25) is 0 Å². The second-order valence-corrected chi connectivity index (χ2v) is 5.08. The summed E-state index contributed by atoms with van der Waals surface area (Å²) in [5.74, 6) is 0. The number of hydrogen-bond acceptors (Lipinski definition) is 10. The highest BCUT2D eigenvalue weighted by Crippen LogP contribution is 2.26. The third kappa shape index (κ3) is 3.35. The van der Waals surface area contributed by atoms with Crippen LogP contribution in [0.15, 0.2) is 0 Å². The molecule has 0 aromatic carbocycles. The van der Waals surface area contributed by atoms with E-state index in [1.54, 1.807) is 0 Å². The highest BCUT2D eigenvalue weighted by Gasteiger charge is 2.48. The molecule has 0 unspecified atom stereocenters. The van der Waals surface area contributed by atoms with Crippen LogP contribution in [0.25, 0.3) is 0 Å². The van der Waals surface area contributed by atoms with Crippen LogP contribution >= 0.6 is 0 Å². The van der Waals surface area contributed by atoms with Crippen molar-refractivity contribution in [3.05, 3.63) is 0 Å². The molecule has 124 valence electrons. The Labute approximate surface area is 119 Å². The summed E-state index contributed by atoms with van der Waals surface area (Å²) in [6.07, 6.45) is -13.3. The molecule has 10 nitrogen and oxygen atoms in total. The SMILES string of the molecule is OC[C@H]1O[C@H](O)[C@@H](O[C@H]2OC[C@H](O)[C@H](O)[C@H]2O)[C@@H](O)[C@@H]1O. The topological polar surface area (TPSA) is 169 Å². The Hall–Kier alpha value is -0.400. The first-order chi connectivity index (χ1) is 9.86. The van der Waals surface area contributed by atoms with Crippen molar-refractivity contribution in [3.8, 4) is 0 Å². The molecule has 2 aliphatic rings. The van der Waals surface area contributed by atoms with Crippen molar-refractivity contribution in [2.24, 2.45) is 0 Å². The van der Waals surface area contributed by atoms with Crippen molar-refractivity contribution in [3.63, 3.8) is 0 Å². The van der Waals surface area contributed by atoms with Crippen LogP contribution in [0.4, 0.5) is 0 Å². The Bertz CT molecular complexity index is 341. The lowest BCUT2D eigenvalue weighted by atomic mass is 9.98. The normalized spacial score (nSPS) is 51.9. The van der Waals surface area contributed by atoms with Gasteiger partial charge in [0.05, 0.1) is 13.2 Å². The van der Waals surface area contributed by atoms with Crippen LogP contribution in [-0.2, 0) is 14.2 Å². The van der Waals surface area contributed by atoms with Gasteiger partial charge in [-0.2, -0.15) is 0 Å². The van der Waals surface area contributed by atoms with E-state index in [1.807, 2.05) is 0 Å². The van der Waals surface area contributed by atoms with E-state index in [0.29, 0.717) is 0 Å². The highest BCUT2D eigenvalue weighted by molar-refractivity contribution is 4.91. The van der Waals surface area contributed by atoms with Crippen LogP contribution in [0.3, 0.4) is 0 Å². The van der Waals surface area contributed by atoms with Crippen LogP contribution in [-0.4, -0.2) is 104 Å². The van der Waals surface area contributed by atoms with Crippen molar-refractivity contribution in [1.82, 2.24) is 0 Å². The summed E-state index contributed by atoms with van der Waals surface area (Å²) in [6.45, 7) is -0.931. The molecule has 0 spiro atoms. The van der Waals surface area contributed by atoms with Gasteiger partial charge in [0.25, 0.3) is 0 Å². The highest BCUT2D eigenvalue weighted by atomic mass is 16.7. The van der Waals surface area contributed by atoms with Crippen LogP contribution in [0.1, 0.15) is 0 Å². The number of hydrogen-bond donors (Lipinski definition) is 7. The maximum Gasteiger partial charge on any atom is 0.186 e. The Morgan fingerprint density at radius 1 is 0.905 bits per heavy atom. The molecule has 0 bridgehead atoms. The van der Waals surface area contributed by atoms with Gasteiger partial charge in [0.2, 0.25) is 0 Å². The van der Waals surface area contributed by atoms with Crippen molar-refractivity contribution in [1.29, 1.82) is 0 Å². The van der Waals surface area contributed by atoms with Gasteiger partial charge in [-0.25, -0.2) is 0 Å². The van der Waals surface area contributed by atoms with E-state index >= 15 is 0 Å². The van der Waals surface area contributed by atoms with E-state index in [2.05, 4.69) is 0 Å². The fourth-order valence-corrected chi connectivity index (χ4v) is 2.27. The van der Waals surface area contributed by atoms with Crippen molar-refractivity contribution < 1.29 is 50.0 Å². The molecule has 10 heteroatoms. The predicted octanol–water partition coefficient (Wildman–Crippen LogP) is -4.76. The molecular formula is C11H20O10. The van der Waals surface area contributed by atoms with Crippen molar-refractivity contribution in [2.45, 2.75) is 55.3 Å². The van der Waals surface area contributed by atoms with Crippen LogP contribution in [0.2, 0.25) is 0 Å². The fraction of sp³-hybridized carbons (Fsp3) is 1.00. The molecule has 0 aromatic rings. The van der Waals surface area contributed by atoms with Gasteiger partial charge >= 0.3 is 0 Å². The summed E-state index contributed by atoms with van der Waals surface area (Å²) in [4.78, 5) is 0. The van der Waals surface area contributed by atoms with Crippen LogP contribution in [0.5, 0.6) is 0 Å². The zero-order valence-electron chi connectivity index (χ0n) is 11.0. The number of aliphatic hydroxyl groups excluding tert-OH is 7. The number of aliphatic hydroxyl groups is 7. The molecule has 21 heavy (non-hydrogen) atoms. The third-order valence-electron chi connectivity index (χ3n) is 3.59. The third-order valence-corrected chi connectivity index (χ3v) is 3.59. The quantitative estimate of drug-likeness (QED) is 0.268. The Morgan fingerprint density at radius 3 is 2.19 bits per heavy atom. The average Bonchev–Trinajstić information content (AvgIpc) is 2.47.